The van der Waals surface area contributed by atoms with Crippen LogP contribution in [0.25, 0.3) is 0 Å². The van der Waals surface area contributed by atoms with Gasteiger partial charge < -0.3 is 5.32 Å². The van der Waals surface area contributed by atoms with E-state index in [1.165, 1.54) is 17.7 Å². The van der Waals surface area contributed by atoms with Crippen LogP contribution in [0, 0.1) is 10.1 Å². The van der Waals surface area contributed by atoms with E-state index in [4.69, 9.17) is 23.2 Å². The fourth-order valence-electron chi connectivity index (χ4n) is 1.60. The maximum absolute atomic E-state index is 10.7. The van der Waals surface area contributed by atoms with E-state index in [9.17, 15) is 10.1 Å². The van der Waals surface area contributed by atoms with Crippen LogP contribution in [0.1, 0.15) is 5.56 Å². The van der Waals surface area contributed by atoms with Gasteiger partial charge in [-0.25, -0.2) is 0 Å². The zero-order valence-electron chi connectivity index (χ0n) is 9.73. The standard InChI is InChI=1S/C12H10Cl2N2O2S/c13-10-5-9(16(17)18)6-11(14)12(10)15-3-1-8-2-4-19-7-8/h2,4-7,15H,1,3H2. The van der Waals surface area contributed by atoms with E-state index in [-0.39, 0.29) is 15.7 Å². The summed E-state index contributed by atoms with van der Waals surface area (Å²) in [4.78, 5) is 10.1. The predicted molar refractivity (Wildman–Crippen MR) is 79.6 cm³/mol. The van der Waals surface area contributed by atoms with Gasteiger partial charge in [-0.15, -0.1) is 0 Å². The number of nitro benzene ring substituents is 1. The molecule has 19 heavy (non-hydrogen) atoms. The first-order chi connectivity index (χ1) is 9.08. The first-order valence-corrected chi connectivity index (χ1v) is 7.16. The first kappa shape index (κ1) is 14.1. The molecule has 0 aliphatic carbocycles. The maximum atomic E-state index is 10.7. The number of anilines is 1. The third-order valence-electron chi connectivity index (χ3n) is 2.53. The number of hydrogen-bond acceptors (Lipinski definition) is 4. The van der Waals surface area contributed by atoms with Gasteiger partial charge in [0.1, 0.15) is 0 Å². The lowest BCUT2D eigenvalue weighted by Gasteiger charge is -2.09. The summed E-state index contributed by atoms with van der Waals surface area (Å²) in [5.41, 5.74) is 1.65. The molecule has 0 aliphatic heterocycles. The lowest BCUT2D eigenvalue weighted by molar-refractivity contribution is -0.384. The van der Waals surface area contributed by atoms with E-state index >= 15 is 0 Å². The summed E-state index contributed by atoms with van der Waals surface area (Å²) in [5, 5.41) is 18.4. The summed E-state index contributed by atoms with van der Waals surface area (Å²) in [6, 6.07) is 4.63. The van der Waals surface area contributed by atoms with Gasteiger partial charge in [0, 0.05) is 18.7 Å². The van der Waals surface area contributed by atoms with Gasteiger partial charge in [0.15, 0.2) is 0 Å². The molecule has 0 amide bonds. The minimum atomic E-state index is -0.521. The monoisotopic (exact) mass is 316 g/mol. The number of halogens is 2. The predicted octanol–water partition coefficient (Wildman–Crippen LogP) is 4.62. The second-order valence-electron chi connectivity index (χ2n) is 3.85. The molecule has 0 atom stereocenters. The average molecular weight is 317 g/mol. The topological polar surface area (TPSA) is 55.2 Å². The van der Waals surface area contributed by atoms with Crippen LogP contribution in [0.15, 0.2) is 29.0 Å². The number of rotatable bonds is 5. The van der Waals surface area contributed by atoms with Crippen LogP contribution < -0.4 is 5.32 Å². The molecule has 1 aromatic heterocycles. The zero-order chi connectivity index (χ0) is 13.8. The fourth-order valence-corrected chi connectivity index (χ4v) is 2.91. The largest absolute Gasteiger partial charge is 0.382 e. The van der Waals surface area contributed by atoms with Gasteiger partial charge >= 0.3 is 0 Å². The van der Waals surface area contributed by atoms with Gasteiger partial charge in [-0.2, -0.15) is 11.3 Å². The van der Waals surface area contributed by atoms with Crippen molar-refractivity contribution < 1.29 is 4.92 Å². The molecular weight excluding hydrogens is 307 g/mol. The highest BCUT2D eigenvalue weighted by molar-refractivity contribution is 7.07. The van der Waals surface area contributed by atoms with Crippen LogP contribution in [0.3, 0.4) is 0 Å². The van der Waals surface area contributed by atoms with Crippen molar-refractivity contribution in [2.24, 2.45) is 0 Å². The smallest absolute Gasteiger partial charge is 0.272 e. The molecule has 7 heteroatoms. The number of nitro groups is 1. The highest BCUT2D eigenvalue weighted by Crippen LogP contribution is 2.34. The Hall–Kier alpha value is -1.30. The number of thiophene rings is 1. The number of nitrogens with one attached hydrogen (secondary N) is 1. The molecule has 0 aliphatic rings. The SMILES string of the molecule is O=[N+]([O-])c1cc(Cl)c(NCCc2ccsc2)c(Cl)c1. The molecule has 0 radical (unpaired) electrons. The van der Waals surface area contributed by atoms with E-state index < -0.39 is 4.92 Å². The normalized spacial score (nSPS) is 10.4. The lowest BCUT2D eigenvalue weighted by Crippen LogP contribution is -2.05. The van der Waals surface area contributed by atoms with E-state index in [0.29, 0.717) is 12.2 Å². The van der Waals surface area contributed by atoms with Crippen molar-refractivity contribution in [2.45, 2.75) is 6.42 Å². The Bertz CT molecular complexity index is 564. The van der Waals surface area contributed by atoms with Crippen molar-refractivity contribution in [1.82, 2.24) is 0 Å². The molecule has 0 fully saturated rings. The van der Waals surface area contributed by atoms with Crippen molar-refractivity contribution in [3.05, 3.63) is 54.7 Å². The van der Waals surface area contributed by atoms with Crippen LogP contribution in [-0.2, 0) is 6.42 Å². The molecule has 1 heterocycles. The molecule has 2 aromatic rings. The van der Waals surface area contributed by atoms with Crippen molar-refractivity contribution in [1.29, 1.82) is 0 Å². The quantitative estimate of drug-likeness (QED) is 0.647. The molecule has 0 saturated carbocycles. The molecular formula is C12H10Cl2N2O2S. The number of benzene rings is 1. The summed E-state index contributed by atoms with van der Waals surface area (Å²) < 4.78 is 0. The molecule has 0 bridgehead atoms. The van der Waals surface area contributed by atoms with Crippen LogP contribution in [0.2, 0.25) is 10.0 Å². The number of nitrogens with zero attached hydrogens (tertiary/aromatic N) is 1. The molecule has 100 valence electrons. The van der Waals surface area contributed by atoms with Crippen molar-refractivity contribution in [3.8, 4) is 0 Å². The van der Waals surface area contributed by atoms with Crippen LogP contribution >= 0.6 is 34.5 Å². The van der Waals surface area contributed by atoms with Gasteiger partial charge in [0.2, 0.25) is 0 Å². The van der Waals surface area contributed by atoms with Crippen molar-refractivity contribution in [2.75, 3.05) is 11.9 Å². The minimum absolute atomic E-state index is 0.113. The Morgan fingerprint density at radius 1 is 1.32 bits per heavy atom. The van der Waals surface area contributed by atoms with Gasteiger partial charge in [0.05, 0.1) is 20.7 Å². The van der Waals surface area contributed by atoms with Gasteiger partial charge in [0.25, 0.3) is 5.69 Å². The first-order valence-electron chi connectivity index (χ1n) is 5.46. The van der Waals surface area contributed by atoms with Crippen molar-refractivity contribution >= 4 is 45.9 Å². The Morgan fingerprint density at radius 3 is 2.53 bits per heavy atom. The summed E-state index contributed by atoms with van der Waals surface area (Å²) in [7, 11) is 0. The Labute approximate surface area is 124 Å². The minimum Gasteiger partial charge on any atom is -0.382 e. The highest BCUT2D eigenvalue weighted by Gasteiger charge is 2.14. The molecule has 4 nitrogen and oxygen atoms in total. The van der Waals surface area contributed by atoms with Crippen LogP contribution in [0.4, 0.5) is 11.4 Å². The summed E-state index contributed by atoms with van der Waals surface area (Å²) in [6.45, 7) is 0.661. The van der Waals surface area contributed by atoms with Gasteiger partial charge in [-0.1, -0.05) is 23.2 Å². The Balaban J connectivity index is 2.06. The number of non-ortho nitro benzene ring substituents is 1. The van der Waals surface area contributed by atoms with Crippen LogP contribution in [0.5, 0.6) is 0 Å². The van der Waals surface area contributed by atoms with Crippen LogP contribution in [-0.4, -0.2) is 11.5 Å². The number of hydrogen-bond donors (Lipinski definition) is 1. The van der Waals surface area contributed by atoms with E-state index in [0.717, 1.165) is 6.42 Å². The fraction of sp³-hybridized carbons (Fsp3) is 0.167. The second-order valence-corrected chi connectivity index (χ2v) is 5.44. The third kappa shape index (κ3) is 3.59. The summed E-state index contributed by atoms with van der Waals surface area (Å²) in [5.74, 6) is 0. The summed E-state index contributed by atoms with van der Waals surface area (Å²) >= 11 is 13.6. The highest BCUT2D eigenvalue weighted by atomic mass is 35.5. The Morgan fingerprint density at radius 2 is 2.00 bits per heavy atom. The molecule has 0 unspecified atom stereocenters. The maximum Gasteiger partial charge on any atom is 0.272 e. The second kappa shape index (κ2) is 6.23. The molecule has 1 aromatic carbocycles. The van der Waals surface area contributed by atoms with E-state index in [1.807, 2.05) is 11.4 Å². The summed E-state index contributed by atoms with van der Waals surface area (Å²) in [6.07, 6.45) is 0.840. The van der Waals surface area contributed by atoms with E-state index in [2.05, 4.69) is 10.7 Å². The van der Waals surface area contributed by atoms with E-state index in [1.54, 1.807) is 11.3 Å². The molecule has 0 spiro atoms. The lowest BCUT2D eigenvalue weighted by atomic mass is 10.2. The van der Waals surface area contributed by atoms with Gasteiger partial charge in [-0.05, 0) is 28.8 Å². The van der Waals surface area contributed by atoms with Crippen molar-refractivity contribution in [3.63, 3.8) is 0 Å². The Kier molecular flexibility index (Phi) is 4.63. The molecule has 2 rings (SSSR count). The zero-order valence-corrected chi connectivity index (χ0v) is 12.1. The average Bonchev–Trinajstić information content (AvgIpc) is 2.85. The molecule has 1 N–H and O–H groups in total. The molecule has 0 saturated heterocycles. The van der Waals surface area contributed by atoms with Gasteiger partial charge in [-0.3, -0.25) is 10.1 Å². The third-order valence-corrected chi connectivity index (χ3v) is 3.86.